The minimum Gasteiger partial charge on any atom is -0.322 e. The van der Waals surface area contributed by atoms with Crippen molar-refractivity contribution in [1.29, 1.82) is 0 Å². The fourth-order valence-corrected chi connectivity index (χ4v) is 3.90. The number of ketones is 1. The van der Waals surface area contributed by atoms with Crippen LogP contribution in [-0.4, -0.2) is 22.4 Å². The monoisotopic (exact) mass is 390 g/mol. The third kappa shape index (κ3) is 4.87. The predicted molar refractivity (Wildman–Crippen MR) is 114 cm³/mol. The van der Waals surface area contributed by atoms with E-state index in [1.165, 1.54) is 11.8 Å². The SMILES string of the molecule is Cc1ccc(C(=O)CSc2nc(C)cc(C)c2C(=O)Nc2ccccc2)cc1. The first-order valence-corrected chi connectivity index (χ1v) is 10.00. The molecule has 0 radical (unpaired) electrons. The van der Waals surface area contributed by atoms with Crippen LogP contribution in [0.25, 0.3) is 0 Å². The molecular formula is C23H22N2O2S. The van der Waals surface area contributed by atoms with E-state index in [-0.39, 0.29) is 17.4 Å². The molecule has 1 heterocycles. The molecule has 0 aliphatic rings. The van der Waals surface area contributed by atoms with Gasteiger partial charge in [0, 0.05) is 16.9 Å². The fraction of sp³-hybridized carbons (Fsp3) is 0.174. The van der Waals surface area contributed by atoms with E-state index >= 15 is 0 Å². The average molecular weight is 391 g/mol. The molecule has 0 aliphatic heterocycles. The smallest absolute Gasteiger partial charge is 0.258 e. The van der Waals surface area contributed by atoms with Crippen molar-refractivity contribution in [2.75, 3.05) is 11.1 Å². The van der Waals surface area contributed by atoms with Crippen LogP contribution in [0.5, 0.6) is 0 Å². The van der Waals surface area contributed by atoms with Gasteiger partial charge in [0.1, 0.15) is 5.03 Å². The summed E-state index contributed by atoms with van der Waals surface area (Å²) in [4.78, 5) is 29.9. The van der Waals surface area contributed by atoms with Gasteiger partial charge in [0.15, 0.2) is 5.78 Å². The number of nitrogens with one attached hydrogen (secondary N) is 1. The summed E-state index contributed by atoms with van der Waals surface area (Å²) in [7, 11) is 0. The molecule has 3 aromatic rings. The van der Waals surface area contributed by atoms with Gasteiger partial charge in [-0.25, -0.2) is 4.98 Å². The quantitative estimate of drug-likeness (QED) is 0.462. The molecule has 0 fully saturated rings. The maximum absolute atomic E-state index is 12.9. The third-order valence-corrected chi connectivity index (χ3v) is 5.26. The zero-order chi connectivity index (χ0) is 20.1. The molecule has 1 N–H and O–H groups in total. The number of carbonyl (C=O) groups excluding carboxylic acids is 2. The number of aromatic nitrogens is 1. The minimum atomic E-state index is -0.221. The largest absolute Gasteiger partial charge is 0.322 e. The summed E-state index contributed by atoms with van der Waals surface area (Å²) in [5.41, 5.74) is 4.67. The van der Waals surface area contributed by atoms with Gasteiger partial charge < -0.3 is 5.32 Å². The second-order valence-electron chi connectivity index (χ2n) is 6.66. The first-order chi connectivity index (χ1) is 13.4. The van der Waals surface area contributed by atoms with Crippen molar-refractivity contribution in [3.63, 3.8) is 0 Å². The number of carbonyl (C=O) groups is 2. The van der Waals surface area contributed by atoms with E-state index in [4.69, 9.17) is 0 Å². The molecule has 2 aromatic carbocycles. The number of para-hydroxylation sites is 1. The topological polar surface area (TPSA) is 59.1 Å². The van der Waals surface area contributed by atoms with Gasteiger partial charge >= 0.3 is 0 Å². The van der Waals surface area contributed by atoms with E-state index in [0.29, 0.717) is 16.2 Å². The Morgan fingerprint density at radius 1 is 0.964 bits per heavy atom. The molecule has 3 rings (SSSR count). The third-order valence-electron chi connectivity index (χ3n) is 4.28. The summed E-state index contributed by atoms with van der Waals surface area (Å²) in [6, 6.07) is 18.7. The summed E-state index contributed by atoms with van der Waals surface area (Å²) in [6.07, 6.45) is 0. The normalized spacial score (nSPS) is 10.5. The van der Waals surface area contributed by atoms with Crippen LogP contribution in [0.4, 0.5) is 5.69 Å². The van der Waals surface area contributed by atoms with Gasteiger partial charge in [-0.3, -0.25) is 9.59 Å². The Labute approximate surface area is 169 Å². The number of thioether (sulfide) groups is 1. The Bertz CT molecular complexity index is 999. The van der Waals surface area contributed by atoms with E-state index in [1.807, 2.05) is 81.4 Å². The summed E-state index contributed by atoms with van der Waals surface area (Å²) in [5, 5.41) is 3.48. The first-order valence-electron chi connectivity index (χ1n) is 9.01. The van der Waals surface area contributed by atoms with Gasteiger partial charge in [-0.15, -0.1) is 0 Å². The van der Waals surface area contributed by atoms with E-state index in [9.17, 15) is 9.59 Å². The summed E-state index contributed by atoms with van der Waals surface area (Å²) in [6.45, 7) is 5.76. The van der Waals surface area contributed by atoms with Crippen molar-refractivity contribution < 1.29 is 9.59 Å². The number of rotatable bonds is 6. The number of hydrogen-bond acceptors (Lipinski definition) is 4. The number of hydrogen-bond donors (Lipinski definition) is 1. The zero-order valence-electron chi connectivity index (χ0n) is 16.2. The molecule has 5 heteroatoms. The Morgan fingerprint density at radius 2 is 1.64 bits per heavy atom. The number of Topliss-reactive ketones (excluding diaryl/α,β-unsaturated/α-hetero) is 1. The number of anilines is 1. The van der Waals surface area contributed by atoms with Crippen LogP contribution < -0.4 is 5.32 Å². The highest BCUT2D eigenvalue weighted by molar-refractivity contribution is 8.00. The van der Waals surface area contributed by atoms with Gasteiger partial charge in [0.05, 0.1) is 11.3 Å². The van der Waals surface area contributed by atoms with Crippen LogP contribution in [0.1, 0.15) is 37.5 Å². The van der Waals surface area contributed by atoms with Crippen molar-refractivity contribution >= 4 is 29.1 Å². The first kappa shape index (κ1) is 19.8. The Hall–Kier alpha value is -2.92. The van der Waals surface area contributed by atoms with Crippen molar-refractivity contribution in [3.05, 3.63) is 88.6 Å². The molecule has 0 aliphatic carbocycles. The second-order valence-corrected chi connectivity index (χ2v) is 7.62. The van der Waals surface area contributed by atoms with Crippen molar-refractivity contribution in [2.24, 2.45) is 0 Å². The lowest BCUT2D eigenvalue weighted by Crippen LogP contribution is -2.16. The summed E-state index contributed by atoms with van der Waals surface area (Å²) in [5.74, 6) is 0.0201. The molecule has 0 bridgehead atoms. The Kier molecular flexibility index (Phi) is 6.26. The molecular weight excluding hydrogens is 368 g/mol. The van der Waals surface area contributed by atoms with E-state index in [1.54, 1.807) is 0 Å². The van der Waals surface area contributed by atoms with E-state index in [2.05, 4.69) is 10.3 Å². The number of aryl methyl sites for hydroxylation is 3. The summed E-state index contributed by atoms with van der Waals surface area (Å²) < 4.78 is 0. The van der Waals surface area contributed by atoms with Crippen LogP contribution in [0.2, 0.25) is 0 Å². The fourth-order valence-electron chi connectivity index (χ4n) is 2.85. The zero-order valence-corrected chi connectivity index (χ0v) is 17.0. The molecule has 0 spiro atoms. The molecule has 0 saturated heterocycles. The standard InChI is InChI=1S/C23H22N2O2S/c1-15-9-11-18(12-10-15)20(26)14-28-23-21(16(2)13-17(3)24-23)22(27)25-19-7-5-4-6-8-19/h4-13H,14H2,1-3H3,(H,25,27). The van der Waals surface area contributed by atoms with Crippen LogP contribution in [0.3, 0.4) is 0 Å². The lowest BCUT2D eigenvalue weighted by atomic mass is 10.1. The van der Waals surface area contributed by atoms with Crippen molar-refractivity contribution in [2.45, 2.75) is 25.8 Å². The van der Waals surface area contributed by atoms with Crippen LogP contribution in [0, 0.1) is 20.8 Å². The maximum atomic E-state index is 12.9. The summed E-state index contributed by atoms with van der Waals surface area (Å²) >= 11 is 1.30. The van der Waals surface area contributed by atoms with Gasteiger partial charge in [-0.1, -0.05) is 59.8 Å². The average Bonchev–Trinajstić information content (AvgIpc) is 2.67. The molecule has 0 saturated carbocycles. The van der Waals surface area contributed by atoms with Crippen LogP contribution in [-0.2, 0) is 0 Å². The molecule has 142 valence electrons. The maximum Gasteiger partial charge on any atom is 0.258 e. The highest BCUT2D eigenvalue weighted by Crippen LogP contribution is 2.26. The van der Waals surface area contributed by atoms with Crippen LogP contribution in [0.15, 0.2) is 65.7 Å². The van der Waals surface area contributed by atoms with E-state index in [0.717, 1.165) is 22.5 Å². The lowest BCUT2D eigenvalue weighted by molar-refractivity contribution is 0.101. The van der Waals surface area contributed by atoms with Gasteiger partial charge in [-0.2, -0.15) is 0 Å². The van der Waals surface area contributed by atoms with Crippen molar-refractivity contribution in [1.82, 2.24) is 4.98 Å². The lowest BCUT2D eigenvalue weighted by Gasteiger charge is -2.13. The molecule has 0 atom stereocenters. The molecule has 0 unspecified atom stereocenters. The van der Waals surface area contributed by atoms with Gasteiger partial charge in [0.2, 0.25) is 0 Å². The molecule has 1 aromatic heterocycles. The van der Waals surface area contributed by atoms with Gasteiger partial charge in [-0.05, 0) is 44.5 Å². The van der Waals surface area contributed by atoms with Gasteiger partial charge in [0.25, 0.3) is 5.91 Å². The van der Waals surface area contributed by atoms with Crippen molar-refractivity contribution in [3.8, 4) is 0 Å². The second kappa shape index (κ2) is 8.85. The van der Waals surface area contributed by atoms with Crippen LogP contribution >= 0.6 is 11.8 Å². The van der Waals surface area contributed by atoms with E-state index < -0.39 is 0 Å². The molecule has 1 amide bonds. The minimum absolute atomic E-state index is 0.0142. The number of nitrogens with zero attached hydrogens (tertiary/aromatic N) is 1. The number of benzene rings is 2. The Morgan fingerprint density at radius 3 is 2.32 bits per heavy atom. The molecule has 4 nitrogen and oxygen atoms in total. The number of pyridine rings is 1. The molecule has 28 heavy (non-hydrogen) atoms. The highest BCUT2D eigenvalue weighted by atomic mass is 32.2. The highest BCUT2D eigenvalue weighted by Gasteiger charge is 2.19. The number of amides is 1. The Balaban J connectivity index is 1.81. The predicted octanol–water partition coefficient (Wildman–Crippen LogP) is 5.23.